The Balaban J connectivity index is 1.50. The van der Waals surface area contributed by atoms with Gasteiger partial charge in [-0.2, -0.15) is 0 Å². The van der Waals surface area contributed by atoms with Crippen LogP contribution in [0.25, 0.3) is 0 Å². The van der Waals surface area contributed by atoms with Gasteiger partial charge in [0.25, 0.3) is 0 Å². The maximum atomic E-state index is 5.67. The van der Waals surface area contributed by atoms with Crippen LogP contribution in [0.3, 0.4) is 0 Å². The Hall–Kier alpha value is -2.05. The van der Waals surface area contributed by atoms with Gasteiger partial charge in [-0.05, 0) is 25.1 Å². The number of nitrogens with one attached hydrogen (secondary N) is 1. The molecule has 21 heavy (non-hydrogen) atoms. The summed E-state index contributed by atoms with van der Waals surface area (Å²) in [6.07, 6.45) is 5.41. The molecule has 1 aliphatic rings. The van der Waals surface area contributed by atoms with E-state index in [1.807, 2.05) is 25.1 Å². The summed E-state index contributed by atoms with van der Waals surface area (Å²) < 4.78 is 10.7. The van der Waals surface area contributed by atoms with Crippen molar-refractivity contribution < 1.29 is 9.47 Å². The van der Waals surface area contributed by atoms with Gasteiger partial charge in [0.2, 0.25) is 0 Å². The highest BCUT2D eigenvalue weighted by Gasteiger charge is 2.20. The molecule has 0 bridgehead atoms. The first kappa shape index (κ1) is 13.9. The SMILES string of the molecule is C[C@@H](NCc1ccc(OC2COC2)cn1)c1ncccn1. The van der Waals surface area contributed by atoms with Crippen LogP contribution in [0.15, 0.2) is 36.8 Å². The predicted molar refractivity (Wildman–Crippen MR) is 76.8 cm³/mol. The monoisotopic (exact) mass is 286 g/mol. The molecule has 0 radical (unpaired) electrons. The Morgan fingerprint density at radius 1 is 1.29 bits per heavy atom. The lowest BCUT2D eigenvalue weighted by Crippen LogP contribution is -2.38. The molecular formula is C15H18N4O2. The normalized spacial score (nSPS) is 16.2. The fraction of sp³-hybridized carbons (Fsp3) is 0.400. The van der Waals surface area contributed by atoms with Crippen LogP contribution in [0, 0.1) is 0 Å². The second-order valence-electron chi connectivity index (χ2n) is 4.97. The third-order valence-corrected chi connectivity index (χ3v) is 3.27. The van der Waals surface area contributed by atoms with Gasteiger partial charge >= 0.3 is 0 Å². The fourth-order valence-electron chi connectivity index (χ4n) is 1.94. The first-order valence-corrected chi connectivity index (χ1v) is 7.01. The van der Waals surface area contributed by atoms with Crippen LogP contribution >= 0.6 is 0 Å². The lowest BCUT2D eigenvalue weighted by Gasteiger charge is -2.26. The van der Waals surface area contributed by atoms with E-state index in [1.54, 1.807) is 18.6 Å². The number of rotatable bonds is 6. The van der Waals surface area contributed by atoms with E-state index >= 15 is 0 Å². The molecule has 3 heterocycles. The Morgan fingerprint density at radius 2 is 2.10 bits per heavy atom. The Morgan fingerprint density at radius 3 is 2.71 bits per heavy atom. The molecule has 0 spiro atoms. The third-order valence-electron chi connectivity index (χ3n) is 3.27. The highest BCUT2D eigenvalue weighted by atomic mass is 16.6. The summed E-state index contributed by atoms with van der Waals surface area (Å²) in [5.41, 5.74) is 0.954. The maximum absolute atomic E-state index is 5.67. The van der Waals surface area contributed by atoms with Crippen LogP contribution in [0.1, 0.15) is 24.5 Å². The van der Waals surface area contributed by atoms with Gasteiger partial charge in [0.15, 0.2) is 0 Å². The van der Waals surface area contributed by atoms with E-state index in [2.05, 4.69) is 20.3 Å². The average molecular weight is 286 g/mol. The highest BCUT2D eigenvalue weighted by Crippen LogP contribution is 2.15. The van der Waals surface area contributed by atoms with Crippen LogP contribution in [-0.2, 0) is 11.3 Å². The Bertz CT molecular complexity index is 558. The summed E-state index contributed by atoms with van der Waals surface area (Å²) in [6.45, 7) is 4.02. The van der Waals surface area contributed by atoms with E-state index in [9.17, 15) is 0 Å². The van der Waals surface area contributed by atoms with Crippen LogP contribution in [0.5, 0.6) is 5.75 Å². The zero-order chi connectivity index (χ0) is 14.5. The molecule has 1 atom stereocenters. The van der Waals surface area contributed by atoms with E-state index in [0.717, 1.165) is 17.3 Å². The van der Waals surface area contributed by atoms with Crippen molar-refractivity contribution in [3.63, 3.8) is 0 Å². The van der Waals surface area contributed by atoms with Crippen molar-refractivity contribution in [3.8, 4) is 5.75 Å². The largest absolute Gasteiger partial charge is 0.484 e. The molecule has 2 aromatic heterocycles. The van der Waals surface area contributed by atoms with E-state index < -0.39 is 0 Å². The first-order valence-electron chi connectivity index (χ1n) is 7.01. The van der Waals surface area contributed by atoms with E-state index in [1.165, 1.54) is 0 Å². The minimum Gasteiger partial charge on any atom is -0.484 e. The smallest absolute Gasteiger partial charge is 0.145 e. The highest BCUT2D eigenvalue weighted by molar-refractivity contribution is 5.20. The van der Waals surface area contributed by atoms with Crippen LogP contribution < -0.4 is 10.1 Å². The zero-order valence-electron chi connectivity index (χ0n) is 11.9. The van der Waals surface area contributed by atoms with Gasteiger partial charge < -0.3 is 14.8 Å². The van der Waals surface area contributed by atoms with Crippen LogP contribution in [0.4, 0.5) is 0 Å². The van der Waals surface area contributed by atoms with Crippen molar-refractivity contribution in [3.05, 3.63) is 48.3 Å². The molecule has 0 unspecified atom stereocenters. The van der Waals surface area contributed by atoms with Gasteiger partial charge in [-0.1, -0.05) is 0 Å². The summed E-state index contributed by atoms with van der Waals surface area (Å²) in [5, 5.41) is 3.35. The van der Waals surface area contributed by atoms with Gasteiger partial charge in [-0.3, -0.25) is 4.98 Å². The second kappa shape index (κ2) is 6.60. The summed E-state index contributed by atoms with van der Waals surface area (Å²) in [5.74, 6) is 1.56. The molecule has 0 amide bonds. The van der Waals surface area contributed by atoms with Crippen molar-refractivity contribution in [2.45, 2.75) is 25.6 Å². The van der Waals surface area contributed by atoms with Gasteiger partial charge in [0, 0.05) is 18.9 Å². The summed E-state index contributed by atoms with van der Waals surface area (Å²) in [4.78, 5) is 12.8. The van der Waals surface area contributed by atoms with Crippen molar-refractivity contribution in [1.82, 2.24) is 20.3 Å². The van der Waals surface area contributed by atoms with Crippen molar-refractivity contribution in [1.29, 1.82) is 0 Å². The van der Waals surface area contributed by atoms with Gasteiger partial charge in [0.1, 0.15) is 17.7 Å². The Labute approximate surface area is 123 Å². The number of hydrogen-bond acceptors (Lipinski definition) is 6. The van der Waals surface area contributed by atoms with Crippen molar-refractivity contribution in [2.75, 3.05) is 13.2 Å². The molecule has 110 valence electrons. The number of ether oxygens (including phenoxy) is 2. The van der Waals surface area contributed by atoms with Gasteiger partial charge in [-0.25, -0.2) is 9.97 Å². The number of pyridine rings is 1. The van der Waals surface area contributed by atoms with Crippen LogP contribution in [0.2, 0.25) is 0 Å². The zero-order valence-corrected chi connectivity index (χ0v) is 11.9. The van der Waals surface area contributed by atoms with E-state index in [-0.39, 0.29) is 12.1 Å². The molecule has 6 heteroatoms. The summed E-state index contributed by atoms with van der Waals surface area (Å²) in [6, 6.07) is 5.78. The molecule has 0 aliphatic carbocycles. The summed E-state index contributed by atoms with van der Waals surface area (Å²) >= 11 is 0. The third kappa shape index (κ3) is 3.74. The molecule has 3 rings (SSSR count). The molecule has 6 nitrogen and oxygen atoms in total. The topological polar surface area (TPSA) is 69.2 Å². The van der Waals surface area contributed by atoms with Crippen LogP contribution in [-0.4, -0.2) is 34.3 Å². The number of nitrogens with zero attached hydrogens (tertiary/aromatic N) is 3. The van der Waals surface area contributed by atoms with Crippen molar-refractivity contribution in [2.24, 2.45) is 0 Å². The molecule has 1 N–H and O–H groups in total. The number of aromatic nitrogens is 3. The molecule has 0 saturated carbocycles. The lowest BCUT2D eigenvalue weighted by molar-refractivity contribution is -0.0798. The predicted octanol–water partition coefficient (Wildman–Crippen LogP) is 1.50. The van der Waals surface area contributed by atoms with Gasteiger partial charge in [-0.15, -0.1) is 0 Å². The van der Waals surface area contributed by atoms with Crippen molar-refractivity contribution >= 4 is 0 Å². The molecule has 2 aromatic rings. The first-order chi connectivity index (χ1) is 10.3. The minimum absolute atomic E-state index is 0.0797. The average Bonchev–Trinajstić information content (AvgIpc) is 2.50. The molecule has 1 fully saturated rings. The fourth-order valence-corrected chi connectivity index (χ4v) is 1.94. The molecule has 1 saturated heterocycles. The van der Waals surface area contributed by atoms with Gasteiger partial charge in [0.05, 0.1) is 31.1 Å². The minimum atomic E-state index is 0.0797. The number of hydrogen-bond donors (Lipinski definition) is 1. The Kier molecular flexibility index (Phi) is 4.37. The maximum Gasteiger partial charge on any atom is 0.145 e. The molecule has 1 aliphatic heterocycles. The quantitative estimate of drug-likeness (QED) is 0.868. The molecular weight excluding hydrogens is 268 g/mol. The second-order valence-corrected chi connectivity index (χ2v) is 4.97. The lowest BCUT2D eigenvalue weighted by atomic mass is 10.2. The van der Waals surface area contributed by atoms with E-state index in [0.29, 0.717) is 19.8 Å². The standard InChI is InChI=1S/C15H18N4O2/c1-11(15-16-5-2-6-17-15)18-7-12-3-4-13(8-19-12)21-14-9-20-10-14/h2-6,8,11,14,18H,7,9-10H2,1H3/t11-/m1/s1. The summed E-state index contributed by atoms with van der Waals surface area (Å²) in [7, 11) is 0. The molecule has 0 aromatic carbocycles. The van der Waals surface area contributed by atoms with E-state index in [4.69, 9.17) is 9.47 Å².